The van der Waals surface area contributed by atoms with Crippen molar-refractivity contribution in [1.29, 1.82) is 0 Å². The van der Waals surface area contributed by atoms with Crippen molar-refractivity contribution in [2.24, 2.45) is 0 Å². The third-order valence-electron chi connectivity index (χ3n) is 1.13. The highest BCUT2D eigenvalue weighted by Crippen LogP contribution is 2.06. The van der Waals surface area contributed by atoms with Crippen molar-refractivity contribution < 1.29 is 18.4 Å². The number of aliphatic hydroxyl groups is 1. The third kappa shape index (κ3) is 2.11. The molecule has 0 fully saturated rings. The van der Waals surface area contributed by atoms with Gasteiger partial charge in [0.15, 0.2) is 0 Å². The Balaban J connectivity index is 4.15. The largest absolute Gasteiger partial charge is 0.531 e. The molecule has 0 aromatic rings. The zero-order valence-electron chi connectivity index (χ0n) is 6.33. The second-order valence-electron chi connectivity index (χ2n) is 1.53. The van der Waals surface area contributed by atoms with Crippen molar-refractivity contribution in [3.8, 4) is 0 Å². The fraction of sp³-hybridized carbons (Fsp3) is 0.600. The van der Waals surface area contributed by atoms with Crippen LogP contribution in [0.5, 0.6) is 0 Å². The summed E-state index contributed by atoms with van der Waals surface area (Å²) < 4.78 is 14.8. The minimum Gasteiger partial charge on any atom is -0.516 e. The van der Waals surface area contributed by atoms with E-state index in [0.717, 1.165) is 6.26 Å². The van der Waals surface area contributed by atoms with Gasteiger partial charge in [-0.25, -0.2) is 0 Å². The molecule has 1 N–H and O–H groups in total. The van der Waals surface area contributed by atoms with E-state index in [4.69, 9.17) is 18.4 Å². The lowest BCUT2D eigenvalue weighted by Crippen LogP contribution is -2.40. The Morgan fingerprint density at radius 1 is 1.10 bits per heavy atom. The average molecular weight is 164 g/mol. The molecule has 0 aliphatic carbocycles. The Bertz CT molecular complexity index is 102. The SMILES string of the molecule is CO[Si](C=CO)(OC)OC. The molecule has 0 saturated carbocycles. The zero-order valence-corrected chi connectivity index (χ0v) is 7.33. The topological polar surface area (TPSA) is 47.9 Å². The van der Waals surface area contributed by atoms with E-state index in [0.29, 0.717) is 0 Å². The van der Waals surface area contributed by atoms with Crippen molar-refractivity contribution in [2.45, 2.75) is 0 Å². The van der Waals surface area contributed by atoms with Crippen molar-refractivity contribution in [3.63, 3.8) is 0 Å². The first-order valence-corrected chi connectivity index (χ1v) is 4.52. The fourth-order valence-corrected chi connectivity index (χ4v) is 1.64. The molecular weight excluding hydrogens is 152 g/mol. The first-order valence-electron chi connectivity index (χ1n) is 2.72. The lowest BCUT2D eigenvalue weighted by atomic mass is 11.2. The Labute approximate surface area is 61.4 Å². The molecule has 0 rings (SSSR count). The van der Waals surface area contributed by atoms with E-state index in [2.05, 4.69) is 0 Å². The maximum Gasteiger partial charge on any atom is 0.531 e. The smallest absolute Gasteiger partial charge is 0.516 e. The van der Waals surface area contributed by atoms with Crippen molar-refractivity contribution >= 4 is 8.80 Å². The van der Waals surface area contributed by atoms with Gasteiger partial charge < -0.3 is 18.4 Å². The van der Waals surface area contributed by atoms with Crippen LogP contribution >= 0.6 is 0 Å². The average Bonchev–Trinajstić information content (AvgIpc) is 2.01. The summed E-state index contributed by atoms with van der Waals surface area (Å²) in [5.74, 6) is 0. The highest BCUT2D eigenvalue weighted by atomic mass is 28.4. The minimum absolute atomic E-state index is 0.864. The molecule has 0 unspecified atom stereocenters. The molecule has 0 radical (unpaired) electrons. The first kappa shape index (κ1) is 9.64. The molecule has 0 aromatic carbocycles. The number of aliphatic hydroxyl groups excluding tert-OH is 1. The maximum absolute atomic E-state index is 8.41. The Hall–Kier alpha value is -0.363. The van der Waals surface area contributed by atoms with Gasteiger partial charge in [-0.1, -0.05) is 0 Å². The molecule has 0 amide bonds. The Morgan fingerprint density at radius 3 is 1.60 bits per heavy atom. The number of hydrogen-bond donors (Lipinski definition) is 1. The number of hydrogen-bond acceptors (Lipinski definition) is 4. The van der Waals surface area contributed by atoms with Gasteiger partial charge in [0.05, 0.1) is 6.26 Å². The summed E-state index contributed by atoms with van der Waals surface area (Å²) in [7, 11) is 1.77. The molecule has 0 spiro atoms. The second-order valence-corrected chi connectivity index (χ2v) is 4.30. The Morgan fingerprint density at radius 2 is 1.50 bits per heavy atom. The number of rotatable bonds is 4. The van der Waals surface area contributed by atoms with Crippen LogP contribution in [-0.4, -0.2) is 35.2 Å². The Kier molecular flexibility index (Phi) is 4.29. The fourth-order valence-electron chi connectivity index (χ4n) is 0.545. The summed E-state index contributed by atoms with van der Waals surface area (Å²) in [6, 6.07) is 0. The van der Waals surface area contributed by atoms with Crippen LogP contribution in [0.3, 0.4) is 0 Å². The van der Waals surface area contributed by atoms with Crippen LogP contribution in [-0.2, 0) is 13.3 Å². The van der Waals surface area contributed by atoms with Crippen molar-refractivity contribution in [1.82, 2.24) is 0 Å². The van der Waals surface area contributed by atoms with E-state index >= 15 is 0 Å². The van der Waals surface area contributed by atoms with Crippen LogP contribution in [0.4, 0.5) is 0 Å². The summed E-state index contributed by atoms with van der Waals surface area (Å²) in [5, 5.41) is 8.41. The van der Waals surface area contributed by atoms with Crippen LogP contribution in [0.15, 0.2) is 12.0 Å². The lowest BCUT2D eigenvalue weighted by Gasteiger charge is -2.19. The van der Waals surface area contributed by atoms with E-state index in [1.165, 1.54) is 27.0 Å². The van der Waals surface area contributed by atoms with Crippen LogP contribution < -0.4 is 0 Å². The van der Waals surface area contributed by atoms with Gasteiger partial charge in [-0.2, -0.15) is 0 Å². The van der Waals surface area contributed by atoms with E-state index < -0.39 is 8.80 Å². The van der Waals surface area contributed by atoms with Gasteiger partial charge in [-0.05, 0) is 0 Å². The predicted molar refractivity (Wildman–Crippen MR) is 38.5 cm³/mol. The molecule has 10 heavy (non-hydrogen) atoms. The summed E-state index contributed by atoms with van der Waals surface area (Å²) in [4.78, 5) is 0. The highest BCUT2D eigenvalue weighted by molar-refractivity contribution is 6.66. The van der Waals surface area contributed by atoms with Crippen LogP contribution in [0, 0.1) is 0 Å². The first-order chi connectivity index (χ1) is 4.74. The second kappa shape index (κ2) is 4.45. The van der Waals surface area contributed by atoms with Gasteiger partial charge >= 0.3 is 8.80 Å². The predicted octanol–water partition coefficient (Wildman–Crippen LogP) is 0.475. The van der Waals surface area contributed by atoms with Crippen LogP contribution in [0.25, 0.3) is 0 Å². The molecule has 0 saturated heterocycles. The van der Waals surface area contributed by atoms with E-state index in [9.17, 15) is 0 Å². The zero-order chi connectivity index (χ0) is 8.04. The highest BCUT2D eigenvalue weighted by Gasteiger charge is 2.34. The summed E-state index contributed by atoms with van der Waals surface area (Å²) in [6.07, 6.45) is 0.864. The van der Waals surface area contributed by atoms with Crippen molar-refractivity contribution in [3.05, 3.63) is 12.0 Å². The van der Waals surface area contributed by atoms with Gasteiger partial charge in [-0.3, -0.25) is 0 Å². The minimum atomic E-state index is -2.65. The molecule has 0 bridgehead atoms. The third-order valence-corrected chi connectivity index (χ3v) is 3.40. The molecule has 0 atom stereocenters. The molecule has 0 aliphatic heterocycles. The van der Waals surface area contributed by atoms with E-state index in [1.54, 1.807) is 0 Å². The molecule has 5 heteroatoms. The van der Waals surface area contributed by atoms with Crippen molar-refractivity contribution in [2.75, 3.05) is 21.3 Å². The molecule has 60 valence electrons. The van der Waals surface area contributed by atoms with Gasteiger partial charge in [0.25, 0.3) is 0 Å². The molecule has 4 nitrogen and oxygen atoms in total. The molecule has 0 heterocycles. The van der Waals surface area contributed by atoms with E-state index in [-0.39, 0.29) is 0 Å². The van der Waals surface area contributed by atoms with Crippen LogP contribution in [0.1, 0.15) is 0 Å². The van der Waals surface area contributed by atoms with Gasteiger partial charge in [-0.15, -0.1) is 0 Å². The van der Waals surface area contributed by atoms with Gasteiger partial charge in [0, 0.05) is 27.0 Å². The molecular formula is C5H12O4Si. The standard InChI is InChI=1S/C5H12O4Si/c1-7-10(8-2,9-3)5-4-6/h4-6H,1-3H3. The molecule has 0 aliphatic rings. The normalized spacial score (nSPS) is 12.7. The summed E-state index contributed by atoms with van der Waals surface area (Å²) in [5.41, 5.74) is 1.38. The lowest BCUT2D eigenvalue weighted by molar-refractivity contribution is 0.138. The summed E-state index contributed by atoms with van der Waals surface area (Å²) in [6.45, 7) is 0. The maximum atomic E-state index is 8.41. The quantitative estimate of drug-likeness (QED) is 0.485. The summed E-state index contributed by atoms with van der Waals surface area (Å²) >= 11 is 0. The van der Waals surface area contributed by atoms with E-state index in [1.807, 2.05) is 0 Å². The van der Waals surface area contributed by atoms with Gasteiger partial charge in [0.2, 0.25) is 0 Å². The molecule has 0 aromatic heterocycles. The monoisotopic (exact) mass is 164 g/mol. The van der Waals surface area contributed by atoms with Crippen LogP contribution in [0.2, 0.25) is 0 Å². The van der Waals surface area contributed by atoms with Gasteiger partial charge in [0.1, 0.15) is 0 Å².